The molecule has 0 aromatic carbocycles. The van der Waals surface area contributed by atoms with E-state index >= 15 is 0 Å². The fourth-order valence-electron chi connectivity index (χ4n) is 3.28. The number of amides is 2. The molecule has 0 aromatic heterocycles. The maximum Gasteiger partial charge on any atom is 0.326 e. The molecule has 2 atom stereocenters. The predicted octanol–water partition coefficient (Wildman–Crippen LogP) is 2.03. The second-order valence-corrected chi connectivity index (χ2v) is 6.66. The van der Waals surface area contributed by atoms with Gasteiger partial charge in [-0.2, -0.15) is 0 Å². The lowest BCUT2D eigenvalue weighted by Gasteiger charge is -2.31. The van der Waals surface area contributed by atoms with Crippen molar-refractivity contribution in [2.75, 3.05) is 13.1 Å². The van der Waals surface area contributed by atoms with E-state index in [0.29, 0.717) is 12.3 Å². The lowest BCUT2D eigenvalue weighted by molar-refractivity contribution is -0.150. The molecular weight excluding hydrogens is 296 g/mol. The smallest absolute Gasteiger partial charge is 0.326 e. The van der Waals surface area contributed by atoms with Crippen LogP contribution in [0.15, 0.2) is 0 Å². The average Bonchev–Trinajstić information content (AvgIpc) is 2.51. The van der Waals surface area contributed by atoms with Crippen LogP contribution in [0.1, 0.15) is 59.3 Å². The zero-order valence-corrected chi connectivity index (χ0v) is 14.5. The number of hydrogen-bond donors (Lipinski definition) is 2. The Hall–Kier alpha value is -1.59. The van der Waals surface area contributed by atoms with E-state index in [-0.39, 0.29) is 30.8 Å². The minimum Gasteiger partial charge on any atom is -0.480 e. The van der Waals surface area contributed by atoms with E-state index in [9.17, 15) is 19.5 Å². The van der Waals surface area contributed by atoms with Crippen LogP contribution in [0.25, 0.3) is 0 Å². The Kier molecular flexibility index (Phi) is 8.06. The van der Waals surface area contributed by atoms with Gasteiger partial charge in [0.05, 0.1) is 0 Å². The lowest BCUT2D eigenvalue weighted by Crippen LogP contribution is -2.47. The van der Waals surface area contributed by atoms with Crippen molar-refractivity contribution in [2.45, 2.75) is 65.3 Å². The number of nitrogens with zero attached hydrogens (tertiary/aromatic N) is 1. The van der Waals surface area contributed by atoms with Gasteiger partial charge in [-0.25, -0.2) is 4.79 Å². The van der Waals surface area contributed by atoms with Crippen molar-refractivity contribution in [2.24, 2.45) is 11.8 Å². The summed E-state index contributed by atoms with van der Waals surface area (Å²) in [5.41, 5.74) is 0. The van der Waals surface area contributed by atoms with Crippen molar-refractivity contribution < 1.29 is 19.5 Å². The fraction of sp³-hybridized carbons (Fsp3) is 0.824. The maximum absolute atomic E-state index is 12.6. The number of rotatable bonds is 8. The first kappa shape index (κ1) is 19.5. The van der Waals surface area contributed by atoms with Crippen molar-refractivity contribution >= 4 is 17.8 Å². The summed E-state index contributed by atoms with van der Waals surface area (Å²) in [4.78, 5) is 36.1. The van der Waals surface area contributed by atoms with Crippen LogP contribution in [-0.4, -0.2) is 46.9 Å². The number of aliphatic carboxylic acids is 1. The Morgan fingerprint density at radius 2 is 1.78 bits per heavy atom. The third-order valence-electron chi connectivity index (χ3n) is 4.82. The molecule has 6 heteroatoms. The Bertz CT molecular complexity index is 419. The molecule has 6 nitrogen and oxygen atoms in total. The van der Waals surface area contributed by atoms with E-state index in [1.807, 2.05) is 0 Å². The Labute approximate surface area is 138 Å². The molecule has 0 radical (unpaired) electrons. The van der Waals surface area contributed by atoms with E-state index in [0.717, 1.165) is 12.8 Å². The summed E-state index contributed by atoms with van der Waals surface area (Å²) in [6.07, 6.45) is 6.42. The van der Waals surface area contributed by atoms with E-state index in [1.165, 1.54) is 38.0 Å². The van der Waals surface area contributed by atoms with Crippen molar-refractivity contribution in [3.05, 3.63) is 0 Å². The molecule has 1 fully saturated rings. The molecule has 0 aliphatic heterocycles. The van der Waals surface area contributed by atoms with Crippen molar-refractivity contribution in [3.63, 3.8) is 0 Å². The van der Waals surface area contributed by atoms with Gasteiger partial charge in [0.1, 0.15) is 6.04 Å². The highest BCUT2D eigenvalue weighted by atomic mass is 16.4. The van der Waals surface area contributed by atoms with Gasteiger partial charge in [0.25, 0.3) is 0 Å². The Balaban J connectivity index is 2.61. The summed E-state index contributed by atoms with van der Waals surface area (Å²) < 4.78 is 0. The molecule has 1 aliphatic rings. The molecule has 0 heterocycles. The molecule has 2 amide bonds. The summed E-state index contributed by atoms with van der Waals surface area (Å²) in [6, 6.07) is -0.880. The molecule has 1 saturated carbocycles. The number of carbonyl (C=O) groups excluding carboxylic acids is 2. The van der Waals surface area contributed by atoms with Gasteiger partial charge >= 0.3 is 5.97 Å². The van der Waals surface area contributed by atoms with E-state index < -0.39 is 12.0 Å². The third-order valence-corrected chi connectivity index (χ3v) is 4.82. The van der Waals surface area contributed by atoms with Gasteiger partial charge in [0.15, 0.2) is 0 Å². The van der Waals surface area contributed by atoms with Gasteiger partial charge < -0.3 is 15.3 Å². The standard InChI is InChI=1S/C17H30N2O4/c1-12(15-7-5-4-6-8-15)11-16(21)19(13(2)17(22)23)10-9-18-14(3)20/h12-13,15H,4-11H2,1-3H3,(H,18,20)(H,22,23). The third kappa shape index (κ3) is 6.59. The topological polar surface area (TPSA) is 86.7 Å². The Morgan fingerprint density at radius 3 is 2.30 bits per heavy atom. The first-order valence-electron chi connectivity index (χ1n) is 8.59. The van der Waals surface area contributed by atoms with E-state index in [1.54, 1.807) is 0 Å². The number of carboxylic acids is 1. The minimum atomic E-state index is -1.02. The number of carboxylic acid groups (broad SMARTS) is 1. The zero-order chi connectivity index (χ0) is 17.4. The van der Waals surface area contributed by atoms with Crippen LogP contribution in [0.2, 0.25) is 0 Å². The summed E-state index contributed by atoms with van der Waals surface area (Å²) in [5, 5.41) is 11.8. The molecule has 0 bridgehead atoms. The van der Waals surface area contributed by atoms with Gasteiger partial charge in [-0.05, 0) is 18.8 Å². The highest BCUT2D eigenvalue weighted by Gasteiger charge is 2.29. The van der Waals surface area contributed by atoms with Crippen molar-refractivity contribution in [1.82, 2.24) is 10.2 Å². The van der Waals surface area contributed by atoms with Crippen LogP contribution >= 0.6 is 0 Å². The van der Waals surface area contributed by atoms with Gasteiger partial charge in [0.2, 0.25) is 11.8 Å². The molecule has 132 valence electrons. The molecule has 2 unspecified atom stereocenters. The number of hydrogen-bond acceptors (Lipinski definition) is 3. The average molecular weight is 326 g/mol. The number of carbonyl (C=O) groups is 3. The molecule has 1 aliphatic carbocycles. The summed E-state index contributed by atoms with van der Waals surface area (Å²) in [7, 11) is 0. The first-order valence-corrected chi connectivity index (χ1v) is 8.59. The second-order valence-electron chi connectivity index (χ2n) is 6.66. The number of nitrogens with one attached hydrogen (secondary N) is 1. The summed E-state index contributed by atoms with van der Waals surface area (Å²) >= 11 is 0. The summed E-state index contributed by atoms with van der Waals surface area (Å²) in [6.45, 7) is 5.50. The van der Waals surface area contributed by atoms with Crippen molar-refractivity contribution in [3.8, 4) is 0 Å². The fourth-order valence-corrected chi connectivity index (χ4v) is 3.28. The molecular formula is C17H30N2O4. The van der Waals surface area contributed by atoms with Crippen LogP contribution in [0, 0.1) is 11.8 Å². The maximum atomic E-state index is 12.6. The molecule has 1 rings (SSSR count). The first-order chi connectivity index (χ1) is 10.8. The minimum absolute atomic E-state index is 0.136. The molecule has 2 N–H and O–H groups in total. The van der Waals surface area contributed by atoms with Crippen LogP contribution in [-0.2, 0) is 14.4 Å². The largest absolute Gasteiger partial charge is 0.480 e. The highest BCUT2D eigenvalue weighted by Crippen LogP contribution is 2.31. The van der Waals surface area contributed by atoms with Crippen LogP contribution < -0.4 is 5.32 Å². The summed E-state index contributed by atoms with van der Waals surface area (Å²) in [5.74, 6) is -0.511. The SMILES string of the molecule is CC(=O)NCCN(C(=O)CC(C)C1CCCCC1)C(C)C(=O)O. The molecule has 0 aromatic rings. The van der Waals surface area contributed by atoms with Gasteiger partial charge in [-0.15, -0.1) is 0 Å². The monoisotopic (exact) mass is 326 g/mol. The van der Waals surface area contributed by atoms with Crippen molar-refractivity contribution in [1.29, 1.82) is 0 Å². The van der Waals surface area contributed by atoms with Crippen LogP contribution in [0.3, 0.4) is 0 Å². The molecule has 23 heavy (non-hydrogen) atoms. The zero-order valence-electron chi connectivity index (χ0n) is 14.5. The Morgan fingerprint density at radius 1 is 1.17 bits per heavy atom. The highest BCUT2D eigenvalue weighted by molar-refractivity contribution is 5.83. The molecule has 0 spiro atoms. The second kappa shape index (κ2) is 9.53. The molecule has 0 saturated heterocycles. The van der Waals surface area contributed by atoms with Crippen LogP contribution in [0.4, 0.5) is 0 Å². The van der Waals surface area contributed by atoms with Gasteiger partial charge in [-0.1, -0.05) is 39.0 Å². The van der Waals surface area contributed by atoms with Gasteiger partial charge in [-0.3, -0.25) is 9.59 Å². The quantitative estimate of drug-likeness (QED) is 0.714. The predicted molar refractivity (Wildman–Crippen MR) is 87.9 cm³/mol. The lowest BCUT2D eigenvalue weighted by atomic mass is 9.79. The van der Waals surface area contributed by atoms with Crippen LogP contribution in [0.5, 0.6) is 0 Å². The van der Waals surface area contributed by atoms with E-state index in [2.05, 4.69) is 12.2 Å². The van der Waals surface area contributed by atoms with E-state index in [4.69, 9.17) is 0 Å². The van der Waals surface area contributed by atoms with Gasteiger partial charge in [0, 0.05) is 26.4 Å². The normalized spacial score (nSPS) is 18.0.